The fourth-order valence-corrected chi connectivity index (χ4v) is 2.53. The van der Waals surface area contributed by atoms with E-state index in [1.54, 1.807) is 6.26 Å². The van der Waals surface area contributed by atoms with Gasteiger partial charge in [0.15, 0.2) is 6.10 Å². The van der Waals surface area contributed by atoms with Crippen molar-refractivity contribution in [1.82, 2.24) is 9.97 Å². The molecule has 1 amide bonds. The van der Waals surface area contributed by atoms with Gasteiger partial charge < -0.3 is 15.8 Å². The number of hydrogen-bond acceptors (Lipinski definition) is 7. The van der Waals surface area contributed by atoms with Gasteiger partial charge in [0.1, 0.15) is 16.7 Å². The number of carbonyl (C=O) groups excluding carboxylic acids is 1. The summed E-state index contributed by atoms with van der Waals surface area (Å²) in [6.07, 6.45) is -4.01. The van der Waals surface area contributed by atoms with Crippen molar-refractivity contribution in [2.75, 3.05) is 17.3 Å². The summed E-state index contributed by atoms with van der Waals surface area (Å²) in [6.45, 7) is 1.36. The Bertz CT molecular complexity index is 899. The number of rotatable bonds is 5. The number of nitrogen functional groups attached to an aromatic ring is 1. The number of nitrogens with two attached hydrogens (primary N) is 1. The van der Waals surface area contributed by atoms with E-state index >= 15 is 0 Å². The van der Waals surface area contributed by atoms with Gasteiger partial charge in [-0.15, -0.1) is 11.8 Å². The molecule has 0 saturated heterocycles. The Kier molecular flexibility index (Phi) is 6.12. The SMILES string of the molecule is CSc1nc(N)nc(O[C@H](C)C(=O)Nc2cccc(C(F)(F)F)c2)c1C#N. The highest BCUT2D eigenvalue weighted by Gasteiger charge is 2.30. The largest absolute Gasteiger partial charge is 0.463 e. The molecule has 1 heterocycles. The molecule has 0 unspecified atom stereocenters. The lowest BCUT2D eigenvalue weighted by Crippen LogP contribution is -2.31. The van der Waals surface area contributed by atoms with Crippen molar-refractivity contribution in [3.8, 4) is 11.9 Å². The van der Waals surface area contributed by atoms with E-state index in [4.69, 9.17) is 10.5 Å². The molecule has 0 bridgehead atoms. The van der Waals surface area contributed by atoms with Gasteiger partial charge in [0.2, 0.25) is 11.8 Å². The number of thioether (sulfide) groups is 1. The highest BCUT2D eigenvalue weighted by Crippen LogP contribution is 2.31. The maximum atomic E-state index is 12.7. The van der Waals surface area contributed by atoms with Crippen LogP contribution in [-0.4, -0.2) is 28.2 Å². The summed E-state index contributed by atoms with van der Waals surface area (Å²) in [6, 6.07) is 6.06. The number of nitrogens with zero attached hydrogens (tertiary/aromatic N) is 3. The number of anilines is 2. The van der Waals surface area contributed by atoms with Gasteiger partial charge >= 0.3 is 6.18 Å². The molecule has 11 heteroatoms. The maximum Gasteiger partial charge on any atom is 0.416 e. The second-order valence-electron chi connectivity index (χ2n) is 5.21. The molecule has 1 aromatic heterocycles. The van der Waals surface area contributed by atoms with Crippen LogP contribution < -0.4 is 15.8 Å². The Morgan fingerprint density at radius 2 is 2.11 bits per heavy atom. The number of halogens is 3. The second-order valence-corrected chi connectivity index (χ2v) is 6.01. The number of hydrogen-bond donors (Lipinski definition) is 2. The van der Waals surface area contributed by atoms with E-state index in [0.29, 0.717) is 0 Å². The molecule has 0 fully saturated rings. The van der Waals surface area contributed by atoms with E-state index in [-0.39, 0.29) is 28.1 Å². The van der Waals surface area contributed by atoms with E-state index in [2.05, 4.69) is 15.3 Å². The Morgan fingerprint density at radius 1 is 1.41 bits per heavy atom. The fraction of sp³-hybridized carbons (Fsp3) is 0.250. The van der Waals surface area contributed by atoms with E-state index in [9.17, 15) is 23.2 Å². The van der Waals surface area contributed by atoms with Crippen LogP contribution in [-0.2, 0) is 11.0 Å². The molecular formula is C16H14F3N5O2S. The molecule has 1 aromatic carbocycles. The zero-order chi connectivity index (χ0) is 20.2. The van der Waals surface area contributed by atoms with Crippen LogP contribution in [0.1, 0.15) is 18.1 Å². The van der Waals surface area contributed by atoms with Crippen molar-refractivity contribution in [2.24, 2.45) is 0 Å². The Labute approximate surface area is 156 Å². The van der Waals surface area contributed by atoms with Gasteiger partial charge in [-0.3, -0.25) is 4.79 Å². The molecule has 2 rings (SSSR count). The van der Waals surface area contributed by atoms with Gasteiger partial charge in [-0.2, -0.15) is 23.4 Å². The molecular weight excluding hydrogens is 383 g/mol. The van der Waals surface area contributed by atoms with Gasteiger partial charge in [0.05, 0.1) is 5.56 Å². The number of nitrogens with one attached hydrogen (secondary N) is 1. The minimum Gasteiger partial charge on any atom is -0.463 e. The molecule has 3 N–H and O–H groups in total. The number of benzene rings is 1. The zero-order valence-corrected chi connectivity index (χ0v) is 15.0. The molecule has 0 aliphatic carbocycles. The van der Waals surface area contributed by atoms with Crippen LogP contribution in [0.15, 0.2) is 29.3 Å². The number of nitriles is 1. The number of amides is 1. The highest BCUT2D eigenvalue weighted by molar-refractivity contribution is 7.98. The molecule has 7 nitrogen and oxygen atoms in total. The van der Waals surface area contributed by atoms with Crippen LogP contribution in [0.3, 0.4) is 0 Å². The molecule has 2 aromatic rings. The standard InChI is InChI=1S/C16H14F3N5O2S/c1-8(26-13-11(7-20)14(27-2)24-15(21)23-13)12(25)22-10-5-3-4-9(6-10)16(17,18)19/h3-6,8H,1-2H3,(H,22,25)(H2,21,23,24)/t8-/m1/s1. The molecule has 142 valence electrons. The summed E-state index contributed by atoms with van der Waals surface area (Å²) >= 11 is 1.15. The number of carbonyl (C=O) groups is 1. The van der Waals surface area contributed by atoms with Crippen molar-refractivity contribution in [3.05, 3.63) is 35.4 Å². The van der Waals surface area contributed by atoms with Crippen molar-refractivity contribution in [2.45, 2.75) is 24.2 Å². The first kappa shape index (κ1) is 20.3. The van der Waals surface area contributed by atoms with Crippen LogP contribution >= 0.6 is 11.8 Å². The van der Waals surface area contributed by atoms with Crippen LogP contribution in [0.5, 0.6) is 5.88 Å². The van der Waals surface area contributed by atoms with Crippen molar-refractivity contribution in [1.29, 1.82) is 5.26 Å². The summed E-state index contributed by atoms with van der Waals surface area (Å²) in [5.74, 6) is -1.04. The summed E-state index contributed by atoms with van der Waals surface area (Å²) < 4.78 is 43.6. The van der Waals surface area contributed by atoms with Gasteiger partial charge in [0, 0.05) is 5.69 Å². The Balaban J connectivity index is 2.18. The summed E-state index contributed by atoms with van der Waals surface area (Å²) in [7, 11) is 0. The summed E-state index contributed by atoms with van der Waals surface area (Å²) in [5, 5.41) is 11.9. The van der Waals surface area contributed by atoms with E-state index in [1.807, 2.05) is 6.07 Å². The molecule has 0 radical (unpaired) electrons. The number of alkyl halides is 3. The smallest absolute Gasteiger partial charge is 0.416 e. The summed E-state index contributed by atoms with van der Waals surface area (Å²) in [5.41, 5.74) is 4.63. The molecule has 0 spiro atoms. The number of aromatic nitrogens is 2. The average Bonchev–Trinajstić information content (AvgIpc) is 2.60. The molecule has 27 heavy (non-hydrogen) atoms. The van der Waals surface area contributed by atoms with Crippen LogP contribution in [0.4, 0.5) is 24.8 Å². The first-order chi connectivity index (χ1) is 12.7. The predicted molar refractivity (Wildman–Crippen MR) is 93.1 cm³/mol. The maximum absolute atomic E-state index is 12.7. The summed E-state index contributed by atoms with van der Waals surface area (Å²) in [4.78, 5) is 19.9. The zero-order valence-electron chi connectivity index (χ0n) is 14.2. The van der Waals surface area contributed by atoms with E-state index in [1.165, 1.54) is 19.1 Å². The Hall–Kier alpha value is -3.00. The van der Waals surface area contributed by atoms with Crippen LogP contribution in [0.2, 0.25) is 0 Å². The first-order valence-corrected chi connectivity index (χ1v) is 8.64. The molecule has 0 aliphatic rings. The number of ether oxygens (including phenoxy) is 1. The quantitative estimate of drug-likeness (QED) is 0.589. The van der Waals surface area contributed by atoms with E-state index in [0.717, 1.165) is 23.9 Å². The lowest BCUT2D eigenvalue weighted by Gasteiger charge is -2.16. The van der Waals surface area contributed by atoms with E-state index < -0.39 is 23.8 Å². The van der Waals surface area contributed by atoms with Gasteiger partial charge in [-0.1, -0.05) is 6.07 Å². The second kappa shape index (κ2) is 8.13. The molecule has 0 aliphatic heterocycles. The minimum atomic E-state index is -4.53. The predicted octanol–water partition coefficient (Wildman–Crippen LogP) is 3.08. The van der Waals surface area contributed by atoms with Gasteiger partial charge in [0.25, 0.3) is 5.91 Å². The minimum absolute atomic E-state index is 0.00965. The van der Waals surface area contributed by atoms with Gasteiger partial charge in [-0.05, 0) is 31.4 Å². The fourth-order valence-electron chi connectivity index (χ4n) is 2.00. The lowest BCUT2D eigenvalue weighted by atomic mass is 10.2. The molecule has 1 atom stereocenters. The molecule has 0 saturated carbocycles. The normalized spacial score (nSPS) is 12.1. The Morgan fingerprint density at radius 3 is 2.70 bits per heavy atom. The van der Waals surface area contributed by atoms with Crippen molar-refractivity contribution in [3.63, 3.8) is 0 Å². The third-order valence-corrected chi connectivity index (χ3v) is 3.96. The van der Waals surface area contributed by atoms with Crippen molar-refractivity contribution < 1.29 is 22.7 Å². The lowest BCUT2D eigenvalue weighted by molar-refractivity contribution is -0.137. The monoisotopic (exact) mass is 397 g/mol. The average molecular weight is 397 g/mol. The van der Waals surface area contributed by atoms with Gasteiger partial charge in [-0.25, -0.2) is 4.98 Å². The van der Waals surface area contributed by atoms with Crippen LogP contribution in [0.25, 0.3) is 0 Å². The highest BCUT2D eigenvalue weighted by atomic mass is 32.2. The third kappa shape index (κ3) is 5.01. The van der Waals surface area contributed by atoms with Crippen molar-refractivity contribution >= 4 is 29.3 Å². The third-order valence-electron chi connectivity index (χ3n) is 3.28. The topological polar surface area (TPSA) is 114 Å². The first-order valence-electron chi connectivity index (χ1n) is 7.42. The van der Waals surface area contributed by atoms with Crippen LogP contribution in [0, 0.1) is 11.3 Å².